The van der Waals surface area contributed by atoms with Crippen molar-refractivity contribution in [1.82, 2.24) is 10.6 Å². The number of carboxylic acids is 1. The second-order valence-electron chi connectivity index (χ2n) is 7.02. The second-order valence-corrected chi connectivity index (χ2v) is 7.02. The van der Waals surface area contributed by atoms with Crippen LogP contribution in [-0.2, 0) is 22.4 Å². The molecule has 0 saturated heterocycles. The topological polar surface area (TPSA) is 164 Å². The normalized spacial score (nSPS) is 13.5. The fourth-order valence-electron chi connectivity index (χ4n) is 3.51. The van der Waals surface area contributed by atoms with Crippen molar-refractivity contribution in [2.24, 2.45) is 5.73 Å². The van der Waals surface area contributed by atoms with E-state index in [1.807, 2.05) is 0 Å². The number of carbonyl (C=O) groups is 3. The molecule has 0 bridgehead atoms. The van der Waals surface area contributed by atoms with Gasteiger partial charge in [-0.15, -0.1) is 0 Å². The third-order valence-electron chi connectivity index (χ3n) is 4.90. The molecule has 0 unspecified atom stereocenters. The molecule has 3 rings (SSSR count). The summed E-state index contributed by atoms with van der Waals surface area (Å²) >= 11 is 0. The van der Waals surface area contributed by atoms with Crippen LogP contribution in [0.5, 0.6) is 5.75 Å². The molecule has 1 heterocycles. The van der Waals surface area contributed by atoms with E-state index in [9.17, 15) is 24.3 Å². The van der Waals surface area contributed by atoms with Crippen molar-refractivity contribution < 1.29 is 28.6 Å². The Kier molecular flexibility index (Phi) is 6.55. The molecule has 1 aliphatic rings. The zero-order valence-electron chi connectivity index (χ0n) is 16.2. The van der Waals surface area contributed by atoms with E-state index in [1.165, 1.54) is 6.07 Å². The zero-order valence-corrected chi connectivity index (χ0v) is 16.2. The molecule has 3 amide bonds. The van der Waals surface area contributed by atoms with E-state index < -0.39 is 30.6 Å². The van der Waals surface area contributed by atoms with Gasteiger partial charge in [-0.1, -0.05) is 0 Å². The van der Waals surface area contributed by atoms with Crippen LogP contribution in [-0.4, -0.2) is 37.1 Å². The summed E-state index contributed by atoms with van der Waals surface area (Å²) < 4.78 is 10.8. The standard InChI is InChI=1S/C20H23N3O7/c21-20(28)22-8-2-5-15(18(25)26)23-17(24)10-29-11-6-7-13-12-3-1-4-14(12)19(27)30-16(13)9-11/h6-7,9,15H,1-5,8,10H2,(H,23,24)(H,25,26)(H3,21,22,28)/p-1/t15-/m1/s1. The van der Waals surface area contributed by atoms with Gasteiger partial charge in [-0.2, -0.15) is 0 Å². The van der Waals surface area contributed by atoms with E-state index in [1.54, 1.807) is 12.1 Å². The molecule has 0 radical (unpaired) electrons. The van der Waals surface area contributed by atoms with Crippen molar-refractivity contribution in [3.63, 3.8) is 0 Å². The van der Waals surface area contributed by atoms with E-state index in [2.05, 4.69) is 10.6 Å². The van der Waals surface area contributed by atoms with Crippen LogP contribution < -0.4 is 31.8 Å². The third-order valence-corrected chi connectivity index (χ3v) is 4.90. The SMILES string of the molecule is NC(=O)NCCC[C@@H](NC(=O)COc1ccc2c3c(c(=O)oc2c1)CCC3)C(=O)[O-]. The fourth-order valence-corrected chi connectivity index (χ4v) is 3.51. The van der Waals surface area contributed by atoms with Gasteiger partial charge in [0.15, 0.2) is 6.61 Å². The first-order valence-electron chi connectivity index (χ1n) is 9.60. The highest BCUT2D eigenvalue weighted by Crippen LogP contribution is 2.29. The molecule has 1 aromatic carbocycles. The van der Waals surface area contributed by atoms with Crippen molar-refractivity contribution in [2.75, 3.05) is 13.2 Å². The molecule has 2 aromatic rings. The van der Waals surface area contributed by atoms with E-state index in [-0.39, 0.29) is 25.0 Å². The lowest BCUT2D eigenvalue weighted by Crippen LogP contribution is -2.49. The Bertz CT molecular complexity index is 1030. The van der Waals surface area contributed by atoms with Crippen LogP contribution >= 0.6 is 0 Å². The van der Waals surface area contributed by atoms with Crippen molar-refractivity contribution >= 4 is 28.9 Å². The predicted molar refractivity (Wildman–Crippen MR) is 104 cm³/mol. The maximum absolute atomic E-state index is 12.1. The Morgan fingerprint density at radius 1 is 1.23 bits per heavy atom. The van der Waals surface area contributed by atoms with Gasteiger partial charge in [-0.05, 0) is 49.8 Å². The Morgan fingerprint density at radius 3 is 2.73 bits per heavy atom. The van der Waals surface area contributed by atoms with E-state index in [4.69, 9.17) is 14.9 Å². The average molecular weight is 416 g/mol. The molecule has 0 saturated carbocycles. The monoisotopic (exact) mass is 416 g/mol. The Hall–Kier alpha value is -3.56. The molecule has 0 fully saturated rings. The first kappa shape index (κ1) is 21.2. The van der Waals surface area contributed by atoms with Crippen LogP contribution in [0.25, 0.3) is 11.0 Å². The number of ether oxygens (including phenoxy) is 1. The summed E-state index contributed by atoms with van der Waals surface area (Å²) in [6, 6.07) is 3.04. The summed E-state index contributed by atoms with van der Waals surface area (Å²) in [6.07, 6.45) is 2.79. The number of hydrogen-bond donors (Lipinski definition) is 3. The van der Waals surface area contributed by atoms with Crippen LogP contribution in [0.4, 0.5) is 4.79 Å². The third kappa shape index (κ3) is 5.07. The number of benzene rings is 1. The van der Waals surface area contributed by atoms with Crippen LogP contribution in [0.1, 0.15) is 30.4 Å². The minimum absolute atomic E-state index is 0.0561. The Labute approximate surface area is 171 Å². The van der Waals surface area contributed by atoms with E-state index in [0.29, 0.717) is 17.8 Å². The van der Waals surface area contributed by atoms with Gasteiger partial charge < -0.3 is 35.4 Å². The average Bonchev–Trinajstić information content (AvgIpc) is 3.19. The molecule has 1 aliphatic carbocycles. The molecule has 1 aromatic heterocycles. The first-order chi connectivity index (χ1) is 14.3. The number of fused-ring (bicyclic) bond motifs is 3. The molecule has 4 N–H and O–H groups in total. The van der Waals surface area contributed by atoms with Gasteiger partial charge in [0.2, 0.25) is 0 Å². The van der Waals surface area contributed by atoms with E-state index >= 15 is 0 Å². The van der Waals surface area contributed by atoms with Crippen molar-refractivity contribution in [1.29, 1.82) is 0 Å². The van der Waals surface area contributed by atoms with Gasteiger partial charge in [-0.25, -0.2) is 9.59 Å². The van der Waals surface area contributed by atoms with Crippen LogP contribution in [0.3, 0.4) is 0 Å². The van der Waals surface area contributed by atoms with Gasteiger partial charge in [0.1, 0.15) is 11.3 Å². The fraction of sp³-hybridized carbons (Fsp3) is 0.400. The maximum Gasteiger partial charge on any atom is 0.339 e. The minimum atomic E-state index is -1.44. The van der Waals surface area contributed by atoms with Gasteiger partial charge in [0, 0.05) is 23.6 Å². The van der Waals surface area contributed by atoms with Crippen molar-refractivity contribution in [3.05, 3.63) is 39.7 Å². The van der Waals surface area contributed by atoms with Gasteiger partial charge in [0.25, 0.3) is 5.91 Å². The summed E-state index contributed by atoms with van der Waals surface area (Å²) in [5.74, 6) is -1.78. The summed E-state index contributed by atoms with van der Waals surface area (Å²) in [5, 5.41) is 16.7. The number of hydrogen-bond acceptors (Lipinski definition) is 7. The number of amides is 3. The number of aryl methyl sites for hydroxylation is 1. The number of primary amides is 1. The lowest BCUT2D eigenvalue weighted by atomic mass is 10.1. The number of carbonyl (C=O) groups excluding carboxylic acids is 3. The molecule has 1 atom stereocenters. The van der Waals surface area contributed by atoms with Crippen LogP contribution in [0.2, 0.25) is 0 Å². The molecule has 160 valence electrons. The highest BCUT2D eigenvalue weighted by atomic mass is 16.5. The predicted octanol–water partition coefficient (Wildman–Crippen LogP) is -0.656. The molecular weight excluding hydrogens is 394 g/mol. The second kappa shape index (κ2) is 9.29. The number of rotatable bonds is 9. The Balaban J connectivity index is 1.57. The molecule has 30 heavy (non-hydrogen) atoms. The number of urea groups is 1. The van der Waals surface area contributed by atoms with E-state index in [0.717, 1.165) is 29.4 Å². The lowest BCUT2D eigenvalue weighted by Gasteiger charge is -2.19. The van der Waals surface area contributed by atoms with Crippen LogP contribution in [0.15, 0.2) is 27.4 Å². The van der Waals surface area contributed by atoms with Crippen LogP contribution in [0, 0.1) is 0 Å². The molecule has 0 spiro atoms. The molecular formula is C20H22N3O7-. The van der Waals surface area contributed by atoms with Gasteiger partial charge in [-0.3, -0.25) is 4.79 Å². The summed E-state index contributed by atoms with van der Waals surface area (Å²) in [7, 11) is 0. The number of nitrogens with one attached hydrogen (secondary N) is 2. The first-order valence-corrected chi connectivity index (χ1v) is 9.60. The molecule has 10 heteroatoms. The number of nitrogens with two attached hydrogens (primary N) is 1. The van der Waals surface area contributed by atoms with Gasteiger partial charge in [0.05, 0.1) is 12.0 Å². The summed E-state index contributed by atoms with van der Waals surface area (Å²) in [4.78, 5) is 45.9. The molecule has 0 aliphatic heterocycles. The smallest absolute Gasteiger partial charge is 0.339 e. The molecule has 10 nitrogen and oxygen atoms in total. The van der Waals surface area contributed by atoms with Crippen molar-refractivity contribution in [3.8, 4) is 5.75 Å². The highest BCUT2D eigenvalue weighted by molar-refractivity contribution is 5.85. The summed E-state index contributed by atoms with van der Waals surface area (Å²) in [5.41, 5.74) is 6.66. The maximum atomic E-state index is 12.1. The number of aliphatic carboxylic acids is 1. The minimum Gasteiger partial charge on any atom is -0.548 e. The number of carboxylic acid groups (broad SMARTS) is 1. The summed E-state index contributed by atoms with van der Waals surface area (Å²) in [6.45, 7) is -0.249. The van der Waals surface area contributed by atoms with Gasteiger partial charge >= 0.3 is 11.7 Å². The Morgan fingerprint density at radius 2 is 2.00 bits per heavy atom. The quantitative estimate of drug-likeness (QED) is 0.361. The largest absolute Gasteiger partial charge is 0.548 e. The highest BCUT2D eigenvalue weighted by Gasteiger charge is 2.20. The lowest BCUT2D eigenvalue weighted by molar-refractivity contribution is -0.308. The van der Waals surface area contributed by atoms with Crippen molar-refractivity contribution in [2.45, 2.75) is 38.1 Å². The zero-order chi connectivity index (χ0) is 21.7.